The summed E-state index contributed by atoms with van der Waals surface area (Å²) < 4.78 is 12.1. The maximum Gasteiger partial charge on any atom is 0.496 e. The van der Waals surface area contributed by atoms with Crippen LogP contribution in [0.25, 0.3) is 0 Å². The third kappa shape index (κ3) is 2.87. The van der Waals surface area contributed by atoms with Crippen molar-refractivity contribution in [1.29, 1.82) is 0 Å². The molecule has 2 heterocycles. The molecule has 2 aromatic rings. The SMILES string of the molecule is CC1(C)OB(c2ccc(Nc3ccccc3)nc2)OC1(C)C. The maximum absolute atomic E-state index is 6.03. The molecule has 1 saturated heterocycles. The van der Waals surface area contributed by atoms with Crippen molar-refractivity contribution in [2.24, 2.45) is 0 Å². The van der Waals surface area contributed by atoms with Crippen molar-refractivity contribution in [3.63, 3.8) is 0 Å². The van der Waals surface area contributed by atoms with Gasteiger partial charge in [-0.2, -0.15) is 0 Å². The van der Waals surface area contributed by atoms with Gasteiger partial charge in [0.1, 0.15) is 5.82 Å². The molecule has 0 bridgehead atoms. The van der Waals surface area contributed by atoms with Gasteiger partial charge in [-0.3, -0.25) is 0 Å². The highest BCUT2D eigenvalue weighted by molar-refractivity contribution is 6.62. The van der Waals surface area contributed by atoms with Gasteiger partial charge in [-0.25, -0.2) is 4.98 Å². The number of nitrogens with one attached hydrogen (secondary N) is 1. The fraction of sp³-hybridized carbons (Fsp3) is 0.353. The number of aromatic nitrogens is 1. The van der Waals surface area contributed by atoms with Crippen LogP contribution in [0.5, 0.6) is 0 Å². The molecule has 0 spiro atoms. The Hall–Kier alpha value is -1.85. The van der Waals surface area contributed by atoms with Crippen molar-refractivity contribution >= 4 is 24.1 Å². The minimum absolute atomic E-state index is 0.335. The van der Waals surface area contributed by atoms with E-state index in [9.17, 15) is 0 Å². The van der Waals surface area contributed by atoms with E-state index in [-0.39, 0.29) is 18.3 Å². The Morgan fingerprint density at radius 1 is 0.909 bits per heavy atom. The highest BCUT2D eigenvalue weighted by atomic mass is 16.7. The second-order valence-electron chi connectivity index (χ2n) is 6.56. The van der Waals surface area contributed by atoms with Crippen molar-refractivity contribution in [3.05, 3.63) is 48.7 Å². The van der Waals surface area contributed by atoms with Crippen LogP contribution in [0.3, 0.4) is 0 Å². The zero-order chi connectivity index (χ0) is 15.8. The van der Waals surface area contributed by atoms with Gasteiger partial charge in [0, 0.05) is 17.3 Å². The fourth-order valence-corrected chi connectivity index (χ4v) is 2.27. The first-order chi connectivity index (χ1) is 10.4. The highest BCUT2D eigenvalue weighted by Crippen LogP contribution is 2.36. The van der Waals surface area contributed by atoms with Crippen molar-refractivity contribution in [2.75, 3.05) is 5.32 Å². The molecule has 0 amide bonds. The molecule has 22 heavy (non-hydrogen) atoms. The van der Waals surface area contributed by atoms with E-state index >= 15 is 0 Å². The van der Waals surface area contributed by atoms with Crippen LogP contribution in [0.15, 0.2) is 48.7 Å². The molecular weight excluding hydrogens is 275 g/mol. The minimum atomic E-state index is -0.372. The molecule has 0 unspecified atom stereocenters. The van der Waals surface area contributed by atoms with Gasteiger partial charge in [0.25, 0.3) is 0 Å². The van der Waals surface area contributed by atoms with E-state index in [4.69, 9.17) is 9.31 Å². The van der Waals surface area contributed by atoms with E-state index in [0.29, 0.717) is 0 Å². The number of benzene rings is 1. The lowest BCUT2D eigenvalue weighted by molar-refractivity contribution is 0.00578. The zero-order valence-corrected chi connectivity index (χ0v) is 13.5. The Kier molecular flexibility index (Phi) is 3.71. The predicted octanol–water partition coefficient (Wildman–Crippen LogP) is 3.12. The van der Waals surface area contributed by atoms with E-state index in [1.807, 2.05) is 70.2 Å². The lowest BCUT2D eigenvalue weighted by Gasteiger charge is -2.32. The van der Waals surface area contributed by atoms with Crippen LogP contribution in [-0.2, 0) is 9.31 Å². The largest absolute Gasteiger partial charge is 0.496 e. The van der Waals surface area contributed by atoms with Crippen LogP contribution in [0.1, 0.15) is 27.7 Å². The Bertz CT molecular complexity index is 625. The second kappa shape index (κ2) is 5.41. The Morgan fingerprint density at radius 2 is 1.55 bits per heavy atom. The van der Waals surface area contributed by atoms with Gasteiger partial charge in [0.15, 0.2) is 0 Å². The number of anilines is 2. The summed E-state index contributed by atoms with van der Waals surface area (Å²) in [7, 11) is -0.372. The number of nitrogens with zero attached hydrogens (tertiary/aromatic N) is 1. The lowest BCUT2D eigenvalue weighted by Crippen LogP contribution is -2.41. The van der Waals surface area contributed by atoms with Crippen molar-refractivity contribution in [3.8, 4) is 0 Å². The van der Waals surface area contributed by atoms with Crippen LogP contribution < -0.4 is 10.8 Å². The Balaban J connectivity index is 1.73. The molecule has 0 atom stereocenters. The zero-order valence-electron chi connectivity index (χ0n) is 13.5. The van der Waals surface area contributed by atoms with Gasteiger partial charge in [0.2, 0.25) is 0 Å². The first-order valence-electron chi connectivity index (χ1n) is 7.51. The summed E-state index contributed by atoms with van der Waals surface area (Å²) in [5.41, 5.74) is 1.27. The van der Waals surface area contributed by atoms with Gasteiger partial charge in [-0.05, 0) is 45.9 Å². The monoisotopic (exact) mass is 296 g/mol. The van der Waals surface area contributed by atoms with Crippen molar-refractivity contribution in [1.82, 2.24) is 4.98 Å². The van der Waals surface area contributed by atoms with E-state index in [1.165, 1.54) is 0 Å². The number of hydrogen-bond donors (Lipinski definition) is 1. The fourth-order valence-electron chi connectivity index (χ4n) is 2.27. The topological polar surface area (TPSA) is 43.4 Å². The minimum Gasteiger partial charge on any atom is -0.399 e. The molecule has 4 nitrogen and oxygen atoms in total. The number of hydrogen-bond acceptors (Lipinski definition) is 4. The molecule has 0 aliphatic carbocycles. The molecule has 1 aromatic heterocycles. The average molecular weight is 296 g/mol. The molecule has 1 aromatic carbocycles. The van der Waals surface area contributed by atoms with Crippen LogP contribution in [-0.4, -0.2) is 23.3 Å². The van der Waals surface area contributed by atoms with E-state index in [2.05, 4.69) is 10.3 Å². The quantitative estimate of drug-likeness (QED) is 0.884. The van der Waals surface area contributed by atoms with Crippen LogP contribution in [0.4, 0.5) is 11.5 Å². The van der Waals surface area contributed by atoms with Gasteiger partial charge in [0.05, 0.1) is 11.2 Å². The number of pyridine rings is 1. The smallest absolute Gasteiger partial charge is 0.399 e. The molecule has 114 valence electrons. The van der Waals surface area contributed by atoms with Crippen LogP contribution in [0, 0.1) is 0 Å². The molecule has 0 radical (unpaired) electrons. The predicted molar refractivity (Wildman–Crippen MR) is 89.7 cm³/mol. The highest BCUT2D eigenvalue weighted by Gasteiger charge is 2.51. The summed E-state index contributed by atoms with van der Waals surface area (Å²) in [5, 5.41) is 3.26. The number of para-hydroxylation sites is 1. The van der Waals surface area contributed by atoms with Gasteiger partial charge in [-0.15, -0.1) is 0 Å². The second-order valence-corrected chi connectivity index (χ2v) is 6.56. The van der Waals surface area contributed by atoms with E-state index < -0.39 is 0 Å². The summed E-state index contributed by atoms with van der Waals surface area (Å²) in [5.74, 6) is 0.798. The lowest BCUT2D eigenvalue weighted by atomic mass is 9.80. The normalized spacial score (nSPS) is 19.2. The van der Waals surface area contributed by atoms with E-state index in [1.54, 1.807) is 6.20 Å². The van der Waals surface area contributed by atoms with E-state index in [0.717, 1.165) is 17.0 Å². The van der Waals surface area contributed by atoms with Gasteiger partial charge in [-0.1, -0.05) is 24.3 Å². The summed E-state index contributed by atoms with van der Waals surface area (Å²) >= 11 is 0. The van der Waals surface area contributed by atoms with Crippen molar-refractivity contribution in [2.45, 2.75) is 38.9 Å². The van der Waals surface area contributed by atoms with Gasteiger partial charge >= 0.3 is 7.12 Å². The molecule has 3 rings (SSSR count). The molecular formula is C17H21BN2O2. The average Bonchev–Trinajstić information content (AvgIpc) is 2.69. The first-order valence-corrected chi connectivity index (χ1v) is 7.51. The summed E-state index contributed by atoms with van der Waals surface area (Å²) in [6.07, 6.45) is 1.80. The first kappa shape index (κ1) is 15.1. The van der Waals surface area contributed by atoms with Gasteiger partial charge < -0.3 is 14.6 Å². The standard InChI is InChI=1S/C17H21BN2O2/c1-16(2)17(3,4)22-18(21-16)13-10-11-15(19-12-13)20-14-8-6-5-7-9-14/h5-12H,1-4H3,(H,19,20). The summed E-state index contributed by atoms with van der Waals surface area (Å²) in [6, 6.07) is 13.9. The third-order valence-electron chi connectivity index (χ3n) is 4.36. The molecule has 1 aliphatic rings. The van der Waals surface area contributed by atoms with Crippen molar-refractivity contribution < 1.29 is 9.31 Å². The molecule has 5 heteroatoms. The summed E-state index contributed by atoms with van der Waals surface area (Å²) in [6.45, 7) is 8.19. The van der Waals surface area contributed by atoms with Crippen LogP contribution >= 0.6 is 0 Å². The Labute approximate surface area is 132 Å². The Morgan fingerprint density at radius 3 is 2.09 bits per heavy atom. The molecule has 1 fully saturated rings. The molecule has 0 saturated carbocycles. The maximum atomic E-state index is 6.03. The molecule has 1 aliphatic heterocycles. The third-order valence-corrected chi connectivity index (χ3v) is 4.36. The summed E-state index contributed by atoms with van der Waals surface area (Å²) in [4.78, 5) is 4.44. The molecule has 1 N–H and O–H groups in total. The van der Waals surface area contributed by atoms with Crippen LogP contribution in [0.2, 0.25) is 0 Å². The number of rotatable bonds is 3.